The van der Waals surface area contributed by atoms with Gasteiger partial charge < -0.3 is 15.7 Å². The van der Waals surface area contributed by atoms with Crippen LogP contribution < -0.4 is 16.2 Å². The lowest BCUT2D eigenvalue weighted by Crippen LogP contribution is -2.42. The Morgan fingerprint density at radius 1 is 1.16 bits per heavy atom. The molecule has 4 aromatic rings. The quantitative estimate of drug-likeness (QED) is 0.384. The number of nitrogens with zero attached hydrogens (tertiary/aromatic N) is 5. The van der Waals surface area contributed by atoms with Gasteiger partial charge in [0.25, 0.3) is 5.56 Å². The standard InChI is InChI=1S/C27H28FN7O2/c1-26(2)19-6-3-16(13-15(19)9-12-30-26)31-25-29-14-18-23(33-25)35(34(24(18)36)17-4-5-17)21-8-7-20(28)22(32-21)27(37)10-11-27/h3,6-8,13-14,17,30,37H,4-5,9-12H2,1-2H3,(H,29,31,33). The molecule has 0 amide bonds. The van der Waals surface area contributed by atoms with E-state index in [4.69, 9.17) is 4.98 Å². The zero-order valence-electron chi connectivity index (χ0n) is 20.8. The summed E-state index contributed by atoms with van der Waals surface area (Å²) in [6.45, 7) is 5.26. The van der Waals surface area contributed by atoms with Gasteiger partial charge in [-0.05, 0) is 87.9 Å². The Balaban J connectivity index is 1.33. The molecule has 9 nitrogen and oxygen atoms in total. The third-order valence-corrected chi connectivity index (χ3v) is 7.72. The summed E-state index contributed by atoms with van der Waals surface area (Å²) in [5.41, 5.74) is 2.28. The van der Waals surface area contributed by atoms with Crippen molar-refractivity contribution in [3.8, 4) is 5.82 Å². The number of hydrogen-bond acceptors (Lipinski definition) is 7. The van der Waals surface area contributed by atoms with Gasteiger partial charge in [0.1, 0.15) is 22.5 Å². The van der Waals surface area contributed by atoms with Gasteiger partial charge in [-0.3, -0.25) is 4.79 Å². The van der Waals surface area contributed by atoms with Crippen molar-refractivity contribution < 1.29 is 9.50 Å². The van der Waals surface area contributed by atoms with Gasteiger partial charge in [-0.15, -0.1) is 0 Å². The van der Waals surface area contributed by atoms with E-state index in [0.29, 0.717) is 35.6 Å². The summed E-state index contributed by atoms with van der Waals surface area (Å²) in [6, 6.07) is 9.09. The van der Waals surface area contributed by atoms with E-state index in [0.717, 1.165) is 31.5 Å². The zero-order valence-corrected chi connectivity index (χ0v) is 20.8. The number of benzene rings is 1. The second-order valence-electron chi connectivity index (χ2n) is 11.0. The van der Waals surface area contributed by atoms with Crippen LogP contribution >= 0.6 is 0 Å². The Bertz CT molecular complexity index is 1630. The molecule has 2 saturated carbocycles. The number of fused-ring (bicyclic) bond motifs is 2. The van der Waals surface area contributed by atoms with Crippen LogP contribution in [0.15, 0.2) is 41.3 Å². The van der Waals surface area contributed by atoms with Crippen molar-refractivity contribution in [1.29, 1.82) is 0 Å². The average molecular weight is 502 g/mol. The van der Waals surface area contributed by atoms with Gasteiger partial charge in [-0.25, -0.2) is 23.7 Å². The van der Waals surface area contributed by atoms with Crippen LogP contribution in [-0.2, 0) is 17.6 Å². The second-order valence-corrected chi connectivity index (χ2v) is 11.0. The van der Waals surface area contributed by atoms with E-state index in [-0.39, 0.29) is 22.8 Å². The first kappa shape index (κ1) is 22.6. The summed E-state index contributed by atoms with van der Waals surface area (Å²) in [6.07, 6.45) is 5.13. The van der Waals surface area contributed by atoms with Crippen LogP contribution in [0.5, 0.6) is 0 Å². The van der Waals surface area contributed by atoms with Crippen molar-refractivity contribution in [2.45, 2.75) is 63.1 Å². The van der Waals surface area contributed by atoms with E-state index in [1.54, 1.807) is 9.36 Å². The molecule has 0 unspecified atom stereocenters. The topological polar surface area (TPSA) is 110 Å². The minimum absolute atomic E-state index is 0.0144. The maximum atomic E-state index is 14.5. The van der Waals surface area contributed by atoms with Gasteiger partial charge in [-0.1, -0.05) is 6.07 Å². The summed E-state index contributed by atoms with van der Waals surface area (Å²) >= 11 is 0. The van der Waals surface area contributed by atoms with E-state index >= 15 is 0 Å². The highest BCUT2D eigenvalue weighted by molar-refractivity contribution is 5.77. The molecule has 2 aliphatic carbocycles. The van der Waals surface area contributed by atoms with Crippen molar-refractivity contribution in [1.82, 2.24) is 29.6 Å². The number of rotatable bonds is 5. The molecule has 2 fully saturated rings. The fraction of sp³-hybridized carbons (Fsp3) is 0.407. The van der Waals surface area contributed by atoms with Crippen molar-refractivity contribution in [3.63, 3.8) is 0 Å². The van der Waals surface area contributed by atoms with Crippen LogP contribution in [0, 0.1) is 5.82 Å². The smallest absolute Gasteiger partial charge is 0.278 e. The van der Waals surface area contributed by atoms with Crippen molar-refractivity contribution in [3.05, 3.63) is 69.5 Å². The van der Waals surface area contributed by atoms with Gasteiger partial charge in [0.2, 0.25) is 5.95 Å². The average Bonchev–Trinajstić information content (AvgIpc) is 3.80. The van der Waals surface area contributed by atoms with E-state index in [1.807, 2.05) is 6.07 Å². The lowest BCUT2D eigenvalue weighted by molar-refractivity contribution is 0.141. The molecule has 7 rings (SSSR count). The molecule has 3 aromatic heterocycles. The number of pyridine rings is 1. The predicted octanol–water partition coefficient (Wildman–Crippen LogP) is 3.56. The van der Waals surface area contributed by atoms with Crippen LogP contribution in [0.25, 0.3) is 16.9 Å². The van der Waals surface area contributed by atoms with E-state index in [2.05, 4.69) is 46.6 Å². The molecule has 3 N–H and O–H groups in total. The Morgan fingerprint density at radius 2 is 1.97 bits per heavy atom. The maximum Gasteiger partial charge on any atom is 0.278 e. The number of nitrogens with one attached hydrogen (secondary N) is 2. The molecule has 190 valence electrons. The first-order valence-electron chi connectivity index (χ1n) is 12.8. The Morgan fingerprint density at radius 3 is 2.73 bits per heavy atom. The van der Waals surface area contributed by atoms with Crippen LogP contribution in [0.2, 0.25) is 0 Å². The number of anilines is 2. The first-order valence-corrected chi connectivity index (χ1v) is 12.8. The highest BCUT2D eigenvalue weighted by atomic mass is 19.1. The van der Waals surface area contributed by atoms with Gasteiger partial charge in [0.15, 0.2) is 11.5 Å². The largest absolute Gasteiger partial charge is 0.383 e. The minimum atomic E-state index is -1.24. The fourth-order valence-electron chi connectivity index (χ4n) is 5.38. The van der Waals surface area contributed by atoms with Gasteiger partial charge in [-0.2, -0.15) is 4.98 Å². The monoisotopic (exact) mass is 501 g/mol. The molecule has 0 atom stereocenters. The lowest BCUT2D eigenvalue weighted by atomic mass is 9.85. The summed E-state index contributed by atoms with van der Waals surface area (Å²) in [5, 5.41) is 17.8. The molecule has 0 spiro atoms. The molecule has 0 saturated heterocycles. The van der Waals surface area contributed by atoms with E-state index < -0.39 is 11.4 Å². The van der Waals surface area contributed by atoms with Crippen LogP contribution in [0.3, 0.4) is 0 Å². The summed E-state index contributed by atoms with van der Waals surface area (Å²) in [7, 11) is 0. The predicted molar refractivity (Wildman–Crippen MR) is 137 cm³/mol. The van der Waals surface area contributed by atoms with Crippen LogP contribution in [0.4, 0.5) is 16.0 Å². The number of aromatic nitrogens is 5. The van der Waals surface area contributed by atoms with E-state index in [9.17, 15) is 14.3 Å². The number of hydrogen-bond donors (Lipinski definition) is 3. The summed E-state index contributed by atoms with van der Waals surface area (Å²) in [4.78, 5) is 27.0. The molecule has 0 bridgehead atoms. The maximum absolute atomic E-state index is 14.5. The Hall–Kier alpha value is -3.63. The lowest BCUT2D eigenvalue weighted by Gasteiger charge is -2.34. The molecule has 3 aliphatic rings. The third-order valence-electron chi connectivity index (χ3n) is 7.72. The zero-order chi connectivity index (χ0) is 25.5. The molecule has 10 heteroatoms. The molecular weight excluding hydrogens is 473 g/mol. The Labute approximate surface area is 212 Å². The highest BCUT2D eigenvalue weighted by Gasteiger charge is 2.46. The molecule has 37 heavy (non-hydrogen) atoms. The summed E-state index contributed by atoms with van der Waals surface area (Å²) in [5.74, 6) is 0.151. The number of halogens is 1. The number of aliphatic hydroxyl groups is 1. The van der Waals surface area contributed by atoms with Crippen molar-refractivity contribution >= 4 is 22.7 Å². The molecule has 0 radical (unpaired) electrons. The SMILES string of the molecule is CC1(C)NCCc2cc(Nc3ncc4c(=O)n(C5CC5)n(-c5ccc(F)c(C6(O)CC6)n5)c4n3)ccc21. The Kier molecular flexibility index (Phi) is 4.69. The van der Waals surface area contributed by atoms with Crippen LogP contribution in [0.1, 0.15) is 62.4 Å². The molecule has 4 heterocycles. The highest BCUT2D eigenvalue weighted by Crippen LogP contribution is 2.45. The van der Waals surface area contributed by atoms with Crippen molar-refractivity contribution in [2.75, 3.05) is 11.9 Å². The molecule has 1 aliphatic heterocycles. The summed E-state index contributed by atoms with van der Waals surface area (Å²) < 4.78 is 17.8. The first-order chi connectivity index (χ1) is 17.7. The van der Waals surface area contributed by atoms with Gasteiger partial charge in [0, 0.05) is 17.4 Å². The van der Waals surface area contributed by atoms with Gasteiger partial charge >= 0.3 is 0 Å². The molecular formula is C27H28FN7O2. The van der Waals surface area contributed by atoms with Crippen LogP contribution in [-0.4, -0.2) is 36.0 Å². The minimum Gasteiger partial charge on any atom is -0.383 e. The fourth-order valence-corrected chi connectivity index (χ4v) is 5.38. The molecule has 1 aromatic carbocycles. The second kappa shape index (κ2) is 7.69. The normalized spacial score (nSPS) is 19.6. The van der Waals surface area contributed by atoms with E-state index in [1.165, 1.54) is 29.5 Å². The van der Waals surface area contributed by atoms with Gasteiger partial charge in [0.05, 0.1) is 6.04 Å². The third kappa shape index (κ3) is 3.66. The van der Waals surface area contributed by atoms with Crippen molar-refractivity contribution in [2.24, 2.45) is 0 Å².